The Morgan fingerprint density at radius 2 is 1.86 bits per heavy atom. The molecule has 2 aromatic carbocycles. The zero-order valence-electron chi connectivity index (χ0n) is 12.7. The van der Waals surface area contributed by atoms with E-state index in [2.05, 4.69) is 24.1 Å². The standard InChI is InChI=1S/C18H18ClN3/c1-12(2)20-18-15-8-3-4-9-16(15)21-17(22-18)11-13-6-5-7-14(19)10-13/h3-10,12H,11H2,1-2H3,(H,20,21,22). The summed E-state index contributed by atoms with van der Waals surface area (Å²) in [5.41, 5.74) is 2.07. The van der Waals surface area contributed by atoms with Gasteiger partial charge in [-0.25, -0.2) is 9.97 Å². The van der Waals surface area contributed by atoms with Crippen molar-refractivity contribution in [2.24, 2.45) is 0 Å². The van der Waals surface area contributed by atoms with Crippen molar-refractivity contribution in [3.8, 4) is 0 Å². The van der Waals surface area contributed by atoms with Crippen LogP contribution in [0.5, 0.6) is 0 Å². The first-order chi connectivity index (χ1) is 10.6. The minimum atomic E-state index is 0.317. The first kappa shape index (κ1) is 14.8. The third-order valence-electron chi connectivity index (χ3n) is 3.33. The van der Waals surface area contributed by atoms with Crippen LogP contribution in [0.4, 0.5) is 5.82 Å². The average Bonchev–Trinajstić information content (AvgIpc) is 2.46. The Kier molecular flexibility index (Phi) is 4.25. The lowest BCUT2D eigenvalue weighted by molar-refractivity contribution is 0.880. The molecule has 0 radical (unpaired) electrons. The molecule has 0 unspecified atom stereocenters. The van der Waals surface area contributed by atoms with Crippen LogP contribution in [0.2, 0.25) is 5.02 Å². The van der Waals surface area contributed by atoms with Crippen LogP contribution in [0, 0.1) is 0 Å². The second kappa shape index (κ2) is 6.32. The van der Waals surface area contributed by atoms with E-state index in [4.69, 9.17) is 16.6 Å². The van der Waals surface area contributed by atoms with Gasteiger partial charge in [-0.1, -0.05) is 35.9 Å². The van der Waals surface area contributed by atoms with Crippen LogP contribution >= 0.6 is 11.6 Å². The monoisotopic (exact) mass is 311 g/mol. The first-order valence-corrected chi connectivity index (χ1v) is 7.76. The SMILES string of the molecule is CC(C)Nc1nc(Cc2cccc(Cl)c2)nc2ccccc12. The highest BCUT2D eigenvalue weighted by Crippen LogP contribution is 2.22. The first-order valence-electron chi connectivity index (χ1n) is 7.38. The molecule has 22 heavy (non-hydrogen) atoms. The number of rotatable bonds is 4. The second-order valence-corrected chi connectivity index (χ2v) is 6.05. The maximum Gasteiger partial charge on any atom is 0.137 e. The van der Waals surface area contributed by atoms with Crippen LogP contribution < -0.4 is 5.32 Å². The molecule has 112 valence electrons. The number of benzene rings is 2. The predicted molar refractivity (Wildman–Crippen MR) is 92.6 cm³/mol. The largest absolute Gasteiger partial charge is 0.367 e. The summed E-state index contributed by atoms with van der Waals surface area (Å²) >= 11 is 6.05. The summed E-state index contributed by atoms with van der Waals surface area (Å²) < 4.78 is 0. The smallest absolute Gasteiger partial charge is 0.137 e. The zero-order chi connectivity index (χ0) is 15.5. The van der Waals surface area contributed by atoms with E-state index in [-0.39, 0.29) is 0 Å². The molecule has 0 aliphatic carbocycles. The van der Waals surface area contributed by atoms with Gasteiger partial charge in [0.25, 0.3) is 0 Å². The fourth-order valence-corrected chi connectivity index (χ4v) is 2.63. The van der Waals surface area contributed by atoms with Crippen LogP contribution in [0.3, 0.4) is 0 Å². The lowest BCUT2D eigenvalue weighted by atomic mass is 10.1. The molecule has 4 heteroatoms. The van der Waals surface area contributed by atoms with Gasteiger partial charge in [0.15, 0.2) is 0 Å². The fraction of sp³-hybridized carbons (Fsp3) is 0.222. The van der Waals surface area contributed by atoms with Crippen LogP contribution in [0.25, 0.3) is 10.9 Å². The van der Waals surface area contributed by atoms with Gasteiger partial charge in [-0.2, -0.15) is 0 Å². The number of anilines is 1. The number of halogens is 1. The summed E-state index contributed by atoms with van der Waals surface area (Å²) in [6.07, 6.45) is 0.665. The molecule has 0 saturated carbocycles. The van der Waals surface area contributed by atoms with E-state index >= 15 is 0 Å². The number of nitrogens with zero attached hydrogens (tertiary/aromatic N) is 2. The van der Waals surface area contributed by atoms with E-state index in [0.29, 0.717) is 12.5 Å². The lowest BCUT2D eigenvalue weighted by Gasteiger charge is -2.13. The summed E-state index contributed by atoms with van der Waals surface area (Å²) in [6, 6.07) is 16.2. The van der Waals surface area contributed by atoms with Gasteiger partial charge in [-0.05, 0) is 43.7 Å². The summed E-state index contributed by atoms with van der Waals surface area (Å²) in [5.74, 6) is 1.68. The van der Waals surface area contributed by atoms with Crippen molar-refractivity contribution in [2.75, 3.05) is 5.32 Å². The number of nitrogens with one attached hydrogen (secondary N) is 1. The topological polar surface area (TPSA) is 37.8 Å². The molecule has 3 aromatic rings. The molecule has 0 spiro atoms. The molecule has 0 atom stereocenters. The van der Waals surface area contributed by atoms with E-state index < -0.39 is 0 Å². The van der Waals surface area contributed by atoms with Crippen LogP contribution in [-0.2, 0) is 6.42 Å². The van der Waals surface area contributed by atoms with E-state index in [1.807, 2.05) is 48.5 Å². The van der Waals surface area contributed by atoms with Gasteiger partial charge in [-0.15, -0.1) is 0 Å². The van der Waals surface area contributed by atoms with Crippen LogP contribution in [0.15, 0.2) is 48.5 Å². The van der Waals surface area contributed by atoms with Crippen molar-refractivity contribution in [3.05, 3.63) is 64.9 Å². The highest BCUT2D eigenvalue weighted by molar-refractivity contribution is 6.30. The minimum Gasteiger partial charge on any atom is -0.367 e. The van der Waals surface area contributed by atoms with Gasteiger partial charge in [-0.3, -0.25) is 0 Å². The second-order valence-electron chi connectivity index (χ2n) is 5.61. The maximum absolute atomic E-state index is 6.05. The lowest BCUT2D eigenvalue weighted by Crippen LogP contribution is -2.13. The Morgan fingerprint density at radius 1 is 1.05 bits per heavy atom. The molecule has 0 saturated heterocycles. The van der Waals surface area contributed by atoms with E-state index in [1.54, 1.807) is 0 Å². The summed E-state index contributed by atoms with van der Waals surface area (Å²) in [7, 11) is 0. The van der Waals surface area contributed by atoms with Gasteiger partial charge in [0.1, 0.15) is 11.6 Å². The average molecular weight is 312 g/mol. The fourth-order valence-electron chi connectivity index (χ4n) is 2.42. The Hall–Kier alpha value is -2.13. The molecule has 0 bridgehead atoms. The minimum absolute atomic E-state index is 0.317. The maximum atomic E-state index is 6.05. The molecule has 1 heterocycles. The number of hydrogen-bond acceptors (Lipinski definition) is 3. The molecular weight excluding hydrogens is 294 g/mol. The van der Waals surface area contributed by atoms with E-state index in [9.17, 15) is 0 Å². The Labute approximate surface area is 135 Å². The van der Waals surface area contributed by atoms with Crippen LogP contribution in [0.1, 0.15) is 25.2 Å². The highest BCUT2D eigenvalue weighted by Gasteiger charge is 2.09. The third kappa shape index (κ3) is 3.37. The van der Waals surface area contributed by atoms with E-state index in [0.717, 1.165) is 33.1 Å². The van der Waals surface area contributed by atoms with Crippen molar-refractivity contribution in [1.82, 2.24) is 9.97 Å². The molecule has 1 aromatic heterocycles. The molecule has 0 fully saturated rings. The van der Waals surface area contributed by atoms with Gasteiger partial charge in [0, 0.05) is 22.9 Å². The van der Waals surface area contributed by atoms with Crippen molar-refractivity contribution in [1.29, 1.82) is 0 Å². The van der Waals surface area contributed by atoms with Gasteiger partial charge < -0.3 is 5.32 Å². The van der Waals surface area contributed by atoms with Gasteiger partial charge in [0.2, 0.25) is 0 Å². The molecular formula is C18H18ClN3. The van der Waals surface area contributed by atoms with Crippen molar-refractivity contribution >= 4 is 28.3 Å². The van der Waals surface area contributed by atoms with Gasteiger partial charge >= 0.3 is 0 Å². The number of aromatic nitrogens is 2. The van der Waals surface area contributed by atoms with E-state index in [1.165, 1.54) is 0 Å². The van der Waals surface area contributed by atoms with Gasteiger partial charge in [0.05, 0.1) is 5.52 Å². The number of fused-ring (bicyclic) bond motifs is 1. The number of para-hydroxylation sites is 1. The number of hydrogen-bond donors (Lipinski definition) is 1. The molecule has 0 amide bonds. The van der Waals surface area contributed by atoms with Crippen LogP contribution in [-0.4, -0.2) is 16.0 Å². The van der Waals surface area contributed by atoms with Crippen molar-refractivity contribution in [3.63, 3.8) is 0 Å². The quantitative estimate of drug-likeness (QED) is 0.759. The Morgan fingerprint density at radius 3 is 2.64 bits per heavy atom. The molecule has 0 aliphatic rings. The Balaban J connectivity index is 2.02. The summed E-state index contributed by atoms with van der Waals surface area (Å²) in [5, 5.41) is 5.19. The summed E-state index contributed by atoms with van der Waals surface area (Å²) in [4.78, 5) is 9.37. The highest BCUT2D eigenvalue weighted by atomic mass is 35.5. The Bertz CT molecular complexity index is 799. The predicted octanol–water partition coefficient (Wildman–Crippen LogP) is 4.69. The van der Waals surface area contributed by atoms with Crippen molar-refractivity contribution < 1.29 is 0 Å². The zero-order valence-corrected chi connectivity index (χ0v) is 13.4. The van der Waals surface area contributed by atoms with Crippen molar-refractivity contribution in [2.45, 2.75) is 26.3 Å². The summed E-state index contributed by atoms with van der Waals surface area (Å²) in [6.45, 7) is 4.21. The molecule has 3 rings (SSSR count). The third-order valence-corrected chi connectivity index (χ3v) is 3.56. The molecule has 1 N–H and O–H groups in total. The molecule has 0 aliphatic heterocycles. The molecule has 3 nitrogen and oxygen atoms in total. The normalized spacial score (nSPS) is 11.1.